The van der Waals surface area contributed by atoms with E-state index in [0.29, 0.717) is 32.6 Å². The summed E-state index contributed by atoms with van der Waals surface area (Å²) in [4.78, 5) is 13.2. The molecule has 2 rings (SSSR count). The second kappa shape index (κ2) is 5.30. The molecule has 1 amide bonds. The fraction of sp³-hybridized carbons (Fsp3) is 0.636. The lowest BCUT2D eigenvalue weighted by Gasteiger charge is -2.20. The second-order valence-electron chi connectivity index (χ2n) is 4.61. The van der Waals surface area contributed by atoms with Crippen molar-refractivity contribution in [2.45, 2.75) is 18.2 Å². The molecular weight excluding hydrogens is 268 g/mol. The van der Waals surface area contributed by atoms with Gasteiger partial charge in [-0.15, -0.1) is 0 Å². The van der Waals surface area contributed by atoms with Crippen LogP contribution in [0.25, 0.3) is 0 Å². The van der Waals surface area contributed by atoms with Crippen LogP contribution in [-0.2, 0) is 21.9 Å². The number of amides is 1. The average molecular weight is 286 g/mol. The monoisotopic (exact) mass is 286 g/mol. The standard InChI is InChI=1S/C11H18N4O3S/c1-10(16)14-4-3-5-15(7-6-14)19(17,18)11-8-12-13(2)9-11/h8-9H,3-7H2,1-2H3. The molecule has 1 aliphatic heterocycles. The molecule has 1 aliphatic rings. The summed E-state index contributed by atoms with van der Waals surface area (Å²) in [6, 6.07) is 0. The van der Waals surface area contributed by atoms with Crippen molar-refractivity contribution < 1.29 is 13.2 Å². The molecule has 106 valence electrons. The maximum Gasteiger partial charge on any atom is 0.246 e. The van der Waals surface area contributed by atoms with Crippen molar-refractivity contribution >= 4 is 15.9 Å². The largest absolute Gasteiger partial charge is 0.342 e. The van der Waals surface area contributed by atoms with Gasteiger partial charge in [-0.3, -0.25) is 9.48 Å². The van der Waals surface area contributed by atoms with Crippen LogP contribution in [-0.4, -0.2) is 59.5 Å². The molecule has 0 unspecified atom stereocenters. The van der Waals surface area contributed by atoms with Gasteiger partial charge in [0.25, 0.3) is 0 Å². The zero-order chi connectivity index (χ0) is 14.0. The fourth-order valence-electron chi connectivity index (χ4n) is 2.13. The van der Waals surface area contributed by atoms with Gasteiger partial charge in [-0.1, -0.05) is 0 Å². The summed E-state index contributed by atoms with van der Waals surface area (Å²) in [6.07, 6.45) is 3.49. The average Bonchev–Trinajstić information content (AvgIpc) is 2.65. The maximum absolute atomic E-state index is 12.4. The maximum atomic E-state index is 12.4. The lowest BCUT2D eigenvalue weighted by Crippen LogP contribution is -2.36. The Morgan fingerprint density at radius 3 is 2.58 bits per heavy atom. The summed E-state index contributed by atoms with van der Waals surface area (Å²) in [5.74, 6) is -0.0133. The molecule has 0 saturated carbocycles. The van der Waals surface area contributed by atoms with Crippen molar-refractivity contribution in [2.75, 3.05) is 26.2 Å². The van der Waals surface area contributed by atoms with Crippen LogP contribution in [0, 0.1) is 0 Å². The minimum absolute atomic E-state index is 0.0133. The molecule has 0 aromatic carbocycles. The van der Waals surface area contributed by atoms with Crippen molar-refractivity contribution in [3.8, 4) is 0 Å². The summed E-state index contributed by atoms with van der Waals surface area (Å²) in [7, 11) is -1.82. The number of hydrogen-bond acceptors (Lipinski definition) is 4. The molecule has 0 spiro atoms. The predicted molar refractivity (Wildman–Crippen MR) is 68.8 cm³/mol. The van der Waals surface area contributed by atoms with Crippen molar-refractivity contribution in [3.05, 3.63) is 12.4 Å². The summed E-state index contributed by atoms with van der Waals surface area (Å²) in [5.41, 5.74) is 0. The molecule has 7 nitrogen and oxygen atoms in total. The lowest BCUT2D eigenvalue weighted by atomic mass is 10.4. The molecule has 0 aliphatic carbocycles. The first-order valence-electron chi connectivity index (χ1n) is 6.15. The highest BCUT2D eigenvalue weighted by Crippen LogP contribution is 2.16. The number of carbonyl (C=O) groups excluding carboxylic acids is 1. The van der Waals surface area contributed by atoms with E-state index in [0.717, 1.165) is 0 Å². The quantitative estimate of drug-likeness (QED) is 0.745. The van der Waals surface area contributed by atoms with Crippen LogP contribution in [0.15, 0.2) is 17.3 Å². The minimum atomic E-state index is -3.50. The number of carbonyl (C=O) groups is 1. The molecule has 0 bridgehead atoms. The van der Waals surface area contributed by atoms with Gasteiger partial charge in [0.1, 0.15) is 4.90 Å². The van der Waals surface area contributed by atoms with Crippen molar-refractivity contribution in [3.63, 3.8) is 0 Å². The van der Waals surface area contributed by atoms with E-state index < -0.39 is 10.0 Å². The molecular formula is C11H18N4O3S. The SMILES string of the molecule is CC(=O)N1CCCN(S(=O)(=O)c2cnn(C)c2)CC1. The topological polar surface area (TPSA) is 75.5 Å². The number of aryl methyl sites for hydroxylation is 1. The second-order valence-corrected chi connectivity index (χ2v) is 6.55. The van der Waals surface area contributed by atoms with Gasteiger partial charge < -0.3 is 4.90 Å². The van der Waals surface area contributed by atoms with Gasteiger partial charge >= 0.3 is 0 Å². The summed E-state index contributed by atoms with van der Waals surface area (Å²) in [5, 5.41) is 3.89. The van der Waals surface area contributed by atoms with E-state index in [2.05, 4.69) is 5.10 Å². The van der Waals surface area contributed by atoms with Crippen LogP contribution >= 0.6 is 0 Å². The fourth-order valence-corrected chi connectivity index (χ4v) is 3.59. The highest BCUT2D eigenvalue weighted by Gasteiger charge is 2.28. The smallest absolute Gasteiger partial charge is 0.246 e. The normalized spacial score (nSPS) is 18.3. The molecule has 1 saturated heterocycles. The van der Waals surface area contributed by atoms with Crippen molar-refractivity contribution in [1.29, 1.82) is 0 Å². The molecule has 1 aromatic heterocycles. The molecule has 0 atom stereocenters. The van der Waals surface area contributed by atoms with Gasteiger partial charge in [0.2, 0.25) is 15.9 Å². The van der Waals surface area contributed by atoms with Gasteiger partial charge in [-0.2, -0.15) is 9.40 Å². The third-order valence-corrected chi connectivity index (χ3v) is 5.07. The molecule has 19 heavy (non-hydrogen) atoms. The van der Waals surface area contributed by atoms with E-state index in [1.165, 1.54) is 28.3 Å². The Morgan fingerprint density at radius 2 is 2.00 bits per heavy atom. The van der Waals surface area contributed by atoms with Gasteiger partial charge in [0.05, 0.1) is 6.20 Å². The Bertz CT molecular complexity index is 566. The zero-order valence-electron chi connectivity index (χ0n) is 11.1. The molecule has 1 aromatic rings. The van der Waals surface area contributed by atoms with E-state index in [9.17, 15) is 13.2 Å². The highest BCUT2D eigenvalue weighted by molar-refractivity contribution is 7.89. The number of hydrogen-bond donors (Lipinski definition) is 0. The van der Waals surface area contributed by atoms with Gasteiger partial charge in [0.15, 0.2) is 0 Å². The van der Waals surface area contributed by atoms with Crippen LogP contribution < -0.4 is 0 Å². The van der Waals surface area contributed by atoms with Gasteiger partial charge in [-0.05, 0) is 6.42 Å². The Balaban J connectivity index is 2.16. The Hall–Kier alpha value is -1.41. The van der Waals surface area contributed by atoms with E-state index in [1.54, 1.807) is 11.9 Å². The summed E-state index contributed by atoms with van der Waals surface area (Å²) >= 11 is 0. The molecule has 1 fully saturated rings. The van der Waals surface area contributed by atoms with Gasteiger partial charge in [-0.25, -0.2) is 8.42 Å². The Kier molecular flexibility index (Phi) is 3.91. The zero-order valence-corrected chi connectivity index (χ0v) is 11.9. The van der Waals surface area contributed by atoms with Crippen LogP contribution in [0.1, 0.15) is 13.3 Å². The van der Waals surface area contributed by atoms with Crippen molar-refractivity contribution in [2.24, 2.45) is 7.05 Å². The van der Waals surface area contributed by atoms with E-state index in [1.807, 2.05) is 0 Å². The number of nitrogens with zero attached hydrogens (tertiary/aromatic N) is 4. The molecule has 2 heterocycles. The van der Waals surface area contributed by atoms with Crippen LogP contribution in [0.4, 0.5) is 0 Å². The van der Waals surface area contributed by atoms with E-state index in [4.69, 9.17) is 0 Å². The number of aromatic nitrogens is 2. The predicted octanol–water partition coefficient (Wildman–Crippen LogP) is -0.337. The molecule has 0 N–H and O–H groups in total. The first-order chi connectivity index (χ1) is 8.91. The molecule has 8 heteroatoms. The number of rotatable bonds is 2. The summed E-state index contributed by atoms with van der Waals surface area (Å²) < 4.78 is 27.7. The first kappa shape index (κ1) is 14.0. The highest BCUT2D eigenvalue weighted by atomic mass is 32.2. The van der Waals surface area contributed by atoms with Crippen molar-refractivity contribution in [1.82, 2.24) is 19.0 Å². The first-order valence-corrected chi connectivity index (χ1v) is 7.59. The Labute approximate surface area is 112 Å². The van der Waals surface area contributed by atoms with E-state index in [-0.39, 0.29) is 10.8 Å². The Morgan fingerprint density at radius 1 is 1.26 bits per heavy atom. The third-order valence-electron chi connectivity index (χ3n) is 3.22. The minimum Gasteiger partial charge on any atom is -0.342 e. The number of sulfonamides is 1. The lowest BCUT2D eigenvalue weighted by molar-refractivity contribution is -0.128. The van der Waals surface area contributed by atoms with Crippen LogP contribution in [0.5, 0.6) is 0 Å². The van der Waals surface area contributed by atoms with Crippen LogP contribution in [0.3, 0.4) is 0 Å². The van der Waals surface area contributed by atoms with Gasteiger partial charge in [0, 0.05) is 46.3 Å². The molecule has 0 radical (unpaired) electrons. The van der Waals surface area contributed by atoms with E-state index >= 15 is 0 Å². The summed E-state index contributed by atoms with van der Waals surface area (Å²) in [6.45, 7) is 3.31. The third kappa shape index (κ3) is 2.95. The van der Waals surface area contributed by atoms with Crippen LogP contribution in [0.2, 0.25) is 0 Å².